The Kier molecular flexibility index (Phi) is 49.3. The highest BCUT2D eigenvalue weighted by Gasteiger charge is 2.23. The minimum atomic E-state index is -4.61. The Balaban J connectivity index is 4.09. The molecule has 8 nitrogen and oxygen atoms in total. The van der Waals surface area contributed by atoms with Gasteiger partial charge in [0.05, 0.1) is 39.9 Å². The van der Waals surface area contributed by atoms with Crippen molar-refractivity contribution in [2.75, 3.05) is 40.9 Å². The fourth-order valence-electron chi connectivity index (χ4n) is 8.42. The predicted octanol–water partition coefficient (Wildman–Crippen LogP) is 16.9. The number of phosphoric acid groups is 1. The van der Waals surface area contributed by atoms with Gasteiger partial charge in [-0.1, -0.05) is 242 Å². The normalized spacial score (nSPS) is 14.3. The Hall–Kier alpha value is -1.54. The number of likely N-dealkylation sites (N-methyl/N-ethyl adjacent to an activating group) is 1. The summed E-state index contributed by atoms with van der Waals surface area (Å²) in [6, 6.07) is -0.909. The largest absolute Gasteiger partial charge is 0.756 e. The summed E-state index contributed by atoms with van der Waals surface area (Å²) in [6.45, 7) is 4.62. The van der Waals surface area contributed by atoms with Crippen molar-refractivity contribution in [3.8, 4) is 0 Å². The molecule has 400 valence electrons. The molecule has 0 bridgehead atoms. The first-order valence-electron chi connectivity index (χ1n) is 29.0. The molecule has 68 heavy (non-hydrogen) atoms. The number of nitrogens with zero attached hydrogens (tertiary/aromatic N) is 1. The van der Waals surface area contributed by atoms with Gasteiger partial charge in [-0.3, -0.25) is 9.36 Å². The zero-order valence-corrected chi connectivity index (χ0v) is 46.5. The van der Waals surface area contributed by atoms with E-state index in [-0.39, 0.29) is 12.5 Å². The summed E-state index contributed by atoms with van der Waals surface area (Å²) >= 11 is 0. The number of quaternary nitrogens is 1. The lowest BCUT2D eigenvalue weighted by Crippen LogP contribution is -2.45. The fourth-order valence-corrected chi connectivity index (χ4v) is 9.14. The summed E-state index contributed by atoms with van der Waals surface area (Å²) in [4.78, 5) is 25.4. The van der Waals surface area contributed by atoms with Crippen LogP contribution in [-0.4, -0.2) is 68.5 Å². The third kappa shape index (κ3) is 52.3. The monoisotopic (exact) mass is 977 g/mol. The molecule has 0 heterocycles. The molecule has 0 aromatic carbocycles. The Morgan fingerprint density at radius 1 is 0.500 bits per heavy atom. The van der Waals surface area contributed by atoms with Crippen LogP contribution in [0.15, 0.2) is 48.6 Å². The van der Waals surface area contributed by atoms with Crippen molar-refractivity contribution < 1.29 is 32.9 Å². The van der Waals surface area contributed by atoms with Gasteiger partial charge >= 0.3 is 0 Å². The maximum Gasteiger partial charge on any atom is 0.268 e. The number of aliphatic hydroxyl groups excluding tert-OH is 1. The van der Waals surface area contributed by atoms with E-state index in [2.05, 4.69) is 55.6 Å². The second-order valence-electron chi connectivity index (χ2n) is 21.0. The summed E-state index contributed by atoms with van der Waals surface area (Å²) in [6.07, 6.45) is 66.3. The van der Waals surface area contributed by atoms with Gasteiger partial charge in [-0.05, 0) is 70.6 Å². The second kappa shape index (κ2) is 50.4. The lowest BCUT2D eigenvalue weighted by Gasteiger charge is -2.29. The molecule has 0 aliphatic heterocycles. The van der Waals surface area contributed by atoms with Crippen molar-refractivity contribution in [2.45, 2.75) is 283 Å². The highest BCUT2D eigenvalue weighted by atomic mass is 31.2. The predicted molar refractivity (Wildman–Crippen MR) is 293 cm³/mol. The van der Waals surface area contributed by atoms with Gasteiger partial charge in [-0.15, -0.1) is 0 Å². The van der Waals surface area contributed by atoms with Gasteiger partial charge in [0.25, 0.3) is 7.82 Å². The minimum absolute atomic E-state index is 0.00863. The standard InChI is InChI=1S/C59H113N2O6P/c1-6-8-10-12-14-16-18-20-22-23-24-25-26-27-28-29-30-31-32-33-34-35-36-37-39-41-43-45-47-49-51-53-59(63)60-57(56-67-68(64,65)66-55-54-61(3,4)5)58(62)52-50-48-46-44-42-40-38-21-19-17-15-13-11-9-7-2/h19,21,23-24,42,44,50,52,57-58,62H,6-18,20,22,25-41,43,45-49,51,53-56H2,1-5H3,(H-,60,63,64,65)/b21-19+,24-23-,44-42+,52-50+. The zero-order chi connectivity index (χ0) is 49.9. The van der Waals surface area contributed by atoms with E-state index in [0.29, 0.717) is 17.4 Å². The first kappa shape index (κ1) is 66.5. The van der Waals surface area contributed by atoms with Crippen LogP contribution in [-0.2, 0) is 18.4 Å². The number of phosphoric ester groups is 1. The molecule has 0 spiro atoms. The Bertz CT molecular complexity index is 1250. The summed E-state index contributed by atoms with van der Waals surface area (Å²) in [5.41, 5.74) is 0. The summed E-state index contributed by atoms with van der Waals surface area (Å²) in [5, 5.41) is 13.8. The third-order valence-electron chi connectivity index (χ3n) is 13.0. The Morgan fingerprint density at radius 2 is 0.824 bits per heavy atom. The summed E-state index contributed by atoms with van der Waals surface area (Å²) in [7, 11) is 1.24. The van der Waals surface area contributed by atoms with E-state index in [1.54, 1.807) is 6.08 Å². The van der Waals surface area contributed by atoms with E-state index in [1.807, 2.05) is 27.2 Å². The van der Waals surface area contributed by atoms with Gasteiger partial charge in [0.2, 0.25) is 5.91 Å². The van der Waals surface area contributed by atoms with Crippen LogP contribution in [0.4, 0.5) is 0 Å². The molecule has 0 rings (SSSR count). The average molecular weight is 978 g/mol. The number of hydrogen-bond donors (Lipinski definition) is 2. The molecular formula is C59H113N2O6P. The average Bonchev–Trinajstić information content (AvgIpc) is 3.30. The van der Waals surface area contributed by atoms with Crippen LogP contribution < -0.4 is 10.2 Å². The number of hydrogen-bond acceptors (Lipinski definition) is 6. The maximum absolute atomic E-state index is 12.9. The van der Waals surface area contributed by atoms with Crippen molar-refractivity contribution in [1.29, 1.82) is 0 Å². The van der Waals surface area contributed by atoms with Gasteiger partial charge in [-0.25, -0.2) is 0 Å². The molecule has 3 atom stereocenters. The van der Waals surface area contributed by atoms with Crippen LogP contribution in [0.25, 0.3) is 0 Å². The van der Waals surface area contributed by atoms with Crippen LogP contribution in [0.5, 0.6) is 0 Å². The van der Waals surface area contributed by atoms with E-state index in [4.69, 9.17) is 9.05 Å². The second-order valence-corrected chi connectivity index (χ2v) is 22.4. The third-order valence-corrected chi connectivity index (χ3v) is 14.0. The molecule has 0 aromatic heterocycles. The quantitative estimate of drug-likeness (QED) is 0.0272. The Labute approximate surface area is 422 Å². The maximum atomic E-state index is 12.9. The molecule has 0 fully saturated rings. The van der Waals surface area contributed by atoms with Gasteiger partial charge < -0.3 is 28.8 Å². The molecule has 0 aliphatic rings. The number of amides is 1. The van der Waals surface area contributed by atoms with Crippen molar-refractivity contribution >= 4 is 13.7 Å². The highest BCUT2D eigenvalue weighted by molar-refractivity contribution is 7.45. The van der Waals surface area contributed by atoms with E-state index in [1.165, 1.54) is 205 Å². The van der Waals surface area contributed by atoms with Crippen LogP contribution in [0.2, 0.25) is 0 Å². The molecule has 0 radical (unpaired) electrons. The van der Waals surface area contributed by atoms with E-state index >= 15 is 0 Å². The lowest BCUT2D eigenvalue weighted by atomic mass is 10.0. The topological polar surface area (TPSA) is 108 Å². The molecule has 0 aromatic rings. The smallest absolute Gasteiger partial charge is 0.268 e. The molecule has 0 saturated heterocycles. The van der Waals surface area contributed by atoms with E-state index in [9.17, 15) is 19.4 Å². The van der Waals surface area contributed by atoms with Gasteiger partial charge in [0, 0.05) is 6.42 Å². The van der Waals surface area contributed by atoms with Gasteiger partial charge in [-0.2, -0.15) is 0 Å². The summed E-state index contributed by atoms with van der Waals surface area (Å²) in [5.74, 6) is -0.209. The molecule has 0 saturated carbocycles. The van der Waals surface area contributed by atoms with Crippen molar-refractivity contribution in [1.82, 2.24) is 5.32 Å². The van der Waals surface area contributed by atoms with Crippen LogP contribution in [0.1, 0.15) is 271 Å². The summed E-state index contributed by atoms with van der Waals surface area (Å²) < 4.78 is 23.3. The first-order valence-corrected chi connectivity index (χ1v) is 30.5. The SMILES string of the molecule is CCCCCCC/C=C/CC/C=C/CC/C=C/C(O)C(COP(=O)([O-])OCC[N+](C)(C)C)NC(=O)CCCCCCCCCCCCCCCCCCCCC/C=C\CCCCCCCCCC. The zero-order valence-electron chi connectivity index (χ0n) is 45.6. The molecule has 2 N–H and O–H groups in total. The molecule has 3 unspecified atom stereocenters. The number of carbonyl (C=O) groups is 1. The van der Waals surface area contributed by atoms with Gasteiger partial charge in [0.1, 0.15) is 13.2 Å². The van der Waals surface area contributed by atoms with Crippen molar-refractivity contribution in [3.63, 3.8) is 0 Å². The number of carbonyl (C=O) groups excluding carboxylic acids is 1. The Morgan fingerprint density at radius 3 is 1.19 bits per heavy atom. The van der Waals surface area contributed by atoms with E-state index < -0.39 is 26.6 Å². The van der Waals surface area contributed by atoms with Crippen LogP contribution in [0.3, 0.4) is 0 Å². The number of allylic oxidation sites excluding steroid dienone is 7. The highest BCUT2D eigenvalue weighted by Crippen LogP contribution is 2.38. The van der Waals surface area contributed by atoms with E-state index in [0.717, 1.165) is 44.9 Å². The number of aliphatic hydroxyl groups is 1. The number of nitrogens with one attached hydrogen (secondary N) is 1. The van der Waals surface area contributed by atoms with Crippen molar-refractivity contribution in [3.05, 3.63) is 48.6 Å². The lowest BCUT2D eigenvalue weighted by molar-refractivity contribution is -0.870. The van der Waals surface area contributed by atoms with Crippen LogP contribution >= 0.6 is 7.82 Å². The number of rotatable bonds is 53. The fraction of sp³-hybridized carbons (Fsp3) is 0.847. The molecular weight excluding hydrogens is 864 g/mol. The van der Waals surface area contributed by atoms with Gasteiger partial charge in [0.15, 0.2) is 0 Å². The minimum Gasteiger partial charge on any atom is -0.756 e. The number of unbranched alkanes of at least 4 members (excludes halogenated alkanes) is 34. The van der Waals surface area contributed by atoms with Crippen molar-refractivity contribution in [2.24, 2.45) is 0 Å². The molecule has 1 amide bonds. The van der Waals surface area contributed by atoms with Crippen LogP contribution in [0, 0.1) is 0 Å². The molecule has 0 aliphatic carbocycles. The first-order chi connectivity index (χ1) is 33.0. The molecule has 9 heteroatoms.